The highest BCUT2D eigenvalue weighted by atomic mass is 15.3. The zero-order chi connectivity index (χ0) is 17.8. The molecule has 0 aliphatic heterocycles. The molecule has 0 saturated heterocycles. The topological polar surface area (TPSA) is 55.6 Å². The first-order valence-electron chi connectivity index (χ1n) is 8.65. The Morgan fingerprint density at radius 2 is 1.80 bits per heavy atom. The number of rotatable bonds is 6. The van der Waals surface area contributed by atoms with Crippen molar-refractivity contribution >= 4 is 0 Å². The molecule has 2 aromatic heterocycles. The van der Waals surface area contributed by atoms with Gasteiger partial charge in [0, 0.05) is 41.3 Å². The Bertz CT molecular complexity index is 825. The molecule has 0 bridgehead atoms. The molecule has 25 heavy (non-hydrogen) atoms. The molecule has 1 N–H and O–H groups in total. The van der Waals surface area contributed by atoms with Gasteiger partial charge in [-0.1, -0.05) is 30.3 Å². The molecule has 0 aliphatic carbocycles. The summed E-state index contributed by atoms with van der Waals surface area (Å²) in [5, 5.41) is 8.11. The Kier molecular flexibility index (Phi) is 5.24. The van der Waals surface area contributed by atoms with Crippen molar-refractivity contribution in [1.82, 2.24) is 25.1 Å². The van der Waals surface area contributed by atoms with Crippen molar-refractivity contribution in [3.63, 3.8) is 0 Å². The second-order valence-electron chi connectivity index (χ2n) is 6.52. The molecule has 2 atom stereocenters. The molecule has 0 fully saturated rings. The molecule has 0 amide bonds. The Morgan fingerprint density at radius 3 is 2.52 bits per heavy atom. The maximum absolute atomic E-state index is 4.49. The maximum Gasteiger partial charge on any atom is 0.125 e. The minimum absolute atomic E-state index is 0.174. The molecule has 5 heteroatoms. The molecule has 2 heterocycles. The second kappa shape index (κ2) is 7.57. The van der Waals surface area contributed by atoms with Crippen LogP contribution in [-0.4, -0.2) is 19.7 Å². The molecule has 130 valence electrons. The zero-order valence-electron chi connectivity index (χ0n) is 15.3. The Hall–Kier alpha value is -2.53. The van der Waals surface area contributed by atoms with Crippen molar-refractivity contribution in [3.8, 4) is 0 Å². The number of aromatic nitrogens is 4. The van der Waals surface area contributed by atoms with Crippen LogP contribution in [0.25, 0.3) is 0 Å². The van der Waals surface area contributed by atoms with Crippen LogP contribution in [-0.2, 0) is 6.54 Å². The van der Waals surface area contributed by atoms with Gasteiger partial charge in [0.1, 0.15) is 5.82 Å². The molecule has 0 saturated carbocycles. The van der Waals surface area contributed by atoms with Crippen LogP contribution in [0.15, 0.2) is 48.9 Å². The second-order valence-corrected chi connectivity index (χ2v) is 6.52. The van der Waals surface area contributed by atoms with Gasteiger partial charge in [0.05, 0.1) is 12.7 Å². The molecule has 0 unspecified atom stereocenters. The predicted molar refractivity (Wildman–Crippen MR) is 99.2 cm³/mol. The van der Waals surface area contributed by atoms with E-state index in [1.807, 2.05) is 37.0 Å². The van der Waals surface area contributed by atoms with E-state index in [1.54, 1.807) is 0 Å². The number of hydrogen-bond donors (Lipinski definition) is 1. The summed E-state index contributed by atoms with van der Waals surface area (Å²) in [5.41, 5.74) is 4.58. The van der Waals surface area contributed by atoms with E-state index in [0.29, 0.717) is 0 Å². The van der Waals surface area contributed by atoms with Crippen LogP contribution in [0.2, 0.25) is 0 Å². The van der Waals surface area contributed by atoms with Gasteiger partial charge >= 0.3 is 0 Å². The first-order valence-corrected chi connectivity index (χ1v) is 8.65. The van der Waals surface area contributed by atoms with E-state index < -0.39 is 0 Å². The van der Waals surface area contributed by atoms with Gasteiger partial charge in [-0.2, -0.15) is 5.10 Å². The molecule has 5 nitrogen and oxygen atoms in total. The highest BCUT2D eigenvalue weighted by molar-refractivity contribution is 5.21. The van der Waals surface area contributed by atoms with Gasteiger partial charge in [-0.15, -0.1) is 0 Å². The minimum atomic E-state index is 0.174. The summed E-state index contributed by atoms with van der Waals surface area (Å²) in [6, 6.07) is 10.7. The van der Waals surface area contributed by atoms with Crippen LogP contribution >= 0.6 is 0 Å². The summed E-state index contributed by atoms with van der Waals surface area (Å²) in [5.74, 6) is 0.809. The summed E-state index contributed by atoms with van der Waals surface area (Å²) in [4.78, 5) is 8.78. The van der Waals surface area contributed by atoms with E-state index in [1.165, 1.54) is 11.1 Å². The molecule has 0 spiro atoms. The van der Waals surface area contributed by atoms with Crippen LogP contribution in [0.1, 0.15) is 54.1 Å². The van der Waals surface area contributed by atoms with Crippen molar-refractivity contribution in [1.29, 1.82) is 0 Å². The van der Waals surface area contributed by atoms with Crippen LogP contribution in [0.3, 0.4) is 0 Å². The van der Waals surface area contributed by atoms with Gasteiger partial charge < -0.3 is 5.32 Å². The lowest BCUT2D eigenvalue weighted by atomic mass is 10.1. The van der Waals surface area contributed by atoms with Crippen molar-refractivity contribution in [2.24, 2.45) is 0 Å². The first kappa shape index (κ1) is 17.3. The zero-order valence-corrected chi connectivity index (χ0v) is 15.3. The van der Waals surface area contributed by atoms with Gasteiger partial charge in [-0.25, -0.2) is 9.97 Å². The number of nitrogens with zero attached hydrogens (tertiary/aromatic N) is 4. The third kappa shape index (κ3) is 4.31. The fraction of sp³-hybridized carbons (Fsp3) is 0.350. The van der Waals surface area contributed by atoms with Crippen LogP contribution < -0.4 is 5.32 Å². The van der Waals surface area contributed by atoms with Crippen molar-refractivity contribution in [3.05, 3.63) is 77.1 Å². The normalized spacial score (nSPS) is 13.6. The summed E-state index contributed by atoms with van der Waals surface area (Å²) in [6.45, 7) is 9.04. The highest BCUT2D eigenvalue weighted by Gasteiger charge is 2.15. The van der Waals surface area contributed by atoms with Crippen molar-refractivity contribution in [2.75, 3.05) is 0 Å². The Morgan fingerprint density at radius 1 is 1.04 bits per heavy atom. The highest BCUT2D eigenvalue weighted by Crippen LogP contribution is 2.20. The standard InChI is InChI=1S/C20H25N5/c1-14(23-15(2)20-11-21-17(4)24-16(20)3)19-10-22-25(13-19)12-18-8-6-5-7-9-18/h5-11,13-15,23H,12H2,1-4H3/t14-,15-/m0/s1. The number of nitrogens with one attached hydrogen (secondary N) is 1. The number of benzene rings is 1. The quantitative estimate of drug-likeness (QED) is 0.745. The van der Waals surface area contributed by atoms with Gasteiger partial charge in [-0.3, -0.25) is 4.68 Å². The molecule has 3 rings (SSSR count). The van der Waals surface area contributed by atoms with E-state index in [9.17, 15) is 0 Å². The molecule has 0 aliphatic rings. The molecular formula is C20H25N5. The lowest BCUT2D eigenvalue weighted by molar-refractivity contribution is 0.490. The van der Waals surface area contributed by atoms with Gasteiger partial charge in [0.25, 0.3) is 0 Å². The summed E-state index contributed by atoms with van der Waals surface area (Å²) >= 11 is 0. The maximum atomic E-state index is 4.49. The largest absolute Gasteiger partial charge is 0.303 e. The third-order valence-corrected chi connectivity index (χ3v) is 4.44. The van der Waals surface area contributed by atoms with Crippen LogP contribution in [0.5, 0.6) is 0 Å². The lowest BCUT2D eigenvalue weighted by Gasteiger charge is -2.20. The lowest BCUT2D eigenvalue weighted by Crippen LogP contribution is -2.23. The van der Waals surface area contributed by atoms with Gasteiger partial charge in [0.15, 0.2) is 0 Å². The van der Waals surface area contributed by atoms with E-state index in [4.69, 9.17) is 0 Å². The van der Waals surface area contributed by atoms with E-state index >= 15 is 0 Å². The van der Waals surface area contributed by atoms with Crippen molar-refractivity contribution in [2.45, 2.75) is 46.3 Å². The SMILES string of the molecule is Cc1ncc([C@H](C)N[C@@H](C)c2cnn(Cc3ccccc3)c2)c(C)n1. The number of aryl methyl sites for hydroxylation is 2. The average Bonchev–Trinajstić information content (AvgIpc) is 3.04. The molecular weight excluding hydrogens is 310 g/mol. The molecule has 0 radical (unpaired) electrons. The predicted octanol–water partition coefficient (Wildman–Crippen LogP) is 3.75. The smallest absolute Gasteiger partial charge is 0.125 e. The summed E-state index contributed by atoms with van der Waals surface area (Å²) < 4.78 is 1.98. The summed E-state index contributed by atoms with van der Waals surface area (Å²) in [6.07, 6.45) is 5.96. The number of hydrogen-bond acceptors (Lipinski definition) is 4. The van der Waals surface area contributed by atoms with E-state index in [2.05, 4.69) is 64.7 Å². The monoisotopic (exact) mass is 335 g/mol. The fourth-order valence-electron chi connectivity index (χ4n) is 3.04. The Labute approximate surface area is 149 Å². The third-order valence-electron chi connectivity index (χ3n) is 4.44. The summed E-state index contributed by atoms with van der Waals surface area (Å²) in [7, 11) is 0. The van der Waals surface area contributed by atoms with Crippen LogP contribution in [0.4, 0.5) is 0 Å². The average molecular weight is 335 g/mol. The van der Waals surface area contributed by atoms with Gasteiger partial charge in [0.2, 0.25) is 0 Å². The van der Waals surface area contributed by atoms with Gasteiger partial charge in [-0.05, 0) is 33.3 Å². The minimum Gasteiger partial charge on any atom is -0.303 e. The van der Waals surface area contributed by atoms with Crippen LogP contribution in [0, 0.1) is 13.8 Å². The fourth-order valence-corrected chi connectivity index (χ4v) is 3.04. The molecule has 1 aromatic carbocycles. The van der Waals surface area contributed by atoms with E-state index in [-0.39, 0.29) is 12.1 Å². The first-order chi connectivity index (χ1) is 12.0. The Balaban J connectivity index is 1.66. The van der Waals surface area contributed by atoms with Crippen molar-refractivity contribution < 1.29 is 0 Å². The molecule has 3 aromatic rings. The van der Waals surface area contributed by atoms with E-state index in [0.717, 1.165) is 23.6 Å².